The van der Waals surface area contributed by atoms with E-state index in [-0.39, 0.29) is 11.9 Å². The average molecular weight is 287 g/mol. The maximum Gasteiger partial charge on any atom is 0.254 e. The van der Waals surface area contributed by atoms with Crippen LogP contribution in [-0.2, 0) is 4.74 Å². The number of rotatable bonds is 6. The van der Waals surface area contributed by atoms with E-state index in [9.17, 15) is 4.79 Å². The second kappa shape index (κ2) is 5.85. The Morgan fingerprint density at radius 1 is 1.52 bits per heavy atom. The van der Waals surface area contributed by atoms with E-state index < -0.39 is 0 Å². The summed E-state index contributed by atoms with van der Waals surface area (Å²) in [6.45, 7) is 3.34. The Labute approximate surface area is 124 Å². The summed E-state index contributed by atoms with van der Waals surface area (Å²) in [5, 5.41) is 7.93. The standard InChI is InChI=1S/C16H21N3O2/c1-11(12-3-4-12)19(7-8-21-2)16(20)13-5-6-14-10-17-18-15(14)9-13/h5-6,9-12H,3-4,7-8H2,1-2H3,(H,17,18). The van der Waals surface area contributed by atoms with Gasteiger partial charge in [-0.25, -0.2) is 0 Å². The zero-order valence-corrected chi connectivity index (χ0v) is 12.5. The van der Waals surface area contributed by atoms with Crippen LogP contribution in [0.5, 0.6) is 0 Å². The van der Waals surface area contributed by atoms with E-state index in [2.05, 4.69) is 17.1 Å². The highest BCUT2D eigenvalue weighted by Gasteiger charge is 2.34. The minimum atomic E-state index is 0.0722. The fraction of sp³-hybridized carbons (Fsp3) is 0.500. The molecule has 3 rings (SSSR count). The van der Waals surface area contributed by atoms with E-state index in [1.165, 1.54) is 12.8 Å². The minimum Gasteiger partial charge on any atom is -0.383 e. The van der Waals surface area contributed by atoms with E-state index in [1.807, 2.05) is 23.1 Å². The molecule has 0 bridgehead atoms. The van der Waals surface area contributed by atoms with Gasteiger partial charge in [0, 0.05) is 30.6 Å². The van der Waals surface area contributed by atoms with Gasteiger partial charge in [0.2, 0.25) is 0 Å². The highest BCUT2D eigenvalue weighted by atomic mass is 16.5. The zero-order valence-electron chi connectivity index (χ0n) is 12.5. The number of H-pyrrole nitrogens is 1. The Bertz CT molecular complexity index is 633. The molecular weight excluding hydrogens is 266 g/mol. The summed E-state index contributed by atoms with van der Waals surface area (Å²) in [4.78, 5) is 14.8. The Morgan fingerprint density at radius 3 is 3.05 bits per heavy atom. The number of aromatic amines is 1. The third-order valence-electron chi connectivity index (χ3n) is 4.28. The molecule has 1 amide bonds. The molecule has 5 nitrogen and oxygen atoms in total. The van der Waals surface area contributed by atoms with Gasteiger partial charge in [0.15, 0.2) is 0 Å². The molecule has 1 aromatic heterocycles. The Morgan fingerprint density at radius 2 is 2.33 bits per heavy atom. The Hall–Kier alpha value is -1.88. The molecule has 1 aliphatic carbocycles. The van der Waals surface area contributed by atoms with Crippen molar-refractivity contribution >= 4 is 16.8 Å². The van der Waals surface area contributed by atoms with Crippen molar-refractivity contribution in [2.75, 3.05) is 20.3 Å². The van der Waals surface area contributed by atoms with E-state index in [0.717, 1.165) is 10.9 Å². The molecule has 112 valence electrons. The molecule has 21 heavy (non-hydrogen) atoms. The first-order valence-electron chi connectivity index (χ1n) is 7.43. The van der Waals surface area contributed by atoms with Crippen molar-refractivity contribution in [1.82, 2.24) is 15.1 Å². The lowest BCUT2D eigenvalue weighted by molar-refractivity contribution is 0.0595. The molecule has 1 unspecified atom stereocenters. The molecule has 1 atom stereocenters. The molecule has 0 spiro atoms. The molecule has 1 aliphatic rings. The highest BCUT2D eigenvalue weighted by molar-refractivity contribution is 5.97. The predicted molar refractivity (Wildman–Crippen MR) is 81.2 cm³/mol. The second-order valence-electron chi connectivity index (χ2n) is 5.74. The summed E-state index contributed by atoms with van der Waals surface area (Å²) in [5.74, 6) is 0.713. The first kappa shape index (κ1) is 14.1. The molecule has 1 heterocycles. The number of fused-ring (bicyclic) bond motifs is 1. The fourth-order valence-electron chi connectivity index (χ4n) is 2.75. The summed E-state index contributed by atoms with van der Waals surface area (Å²) in [6.07, 6.45) is 4.20. The van der Waals surface area contributed by atoms with E-state index in [0.29, 0.717) is 24.6 Å². The number of aromatic nitrogens is 2. The molecule has 5 heteroatoms. The molecular formula is C16H21N3O2. The van der Waals surface area contributed by atoms with Gasteiger partial charge in [-0.2, -0.15) is 5.10 Å². The number of carbonyl (C=O) groups is 1. The quantitative estimate of drug-likeness (QED) is 0.888. The predicted octanol–water partition coefficient (Wildman–Crippen LogP) is 2.45. The average Bonchev–Trinajstić information content (AvgIpc) is 3.24. The largest absolute Gasteiger partial charge is 0.383 e. The van der Waals surface area contributed by atoms with Crippen LogP contribution in [-0.4, -0.2) is 47.3 Å². The van der Waals surface area contributed by atoms with Crippen molar-refractivity contribution in [3.05, 3.63) is 30.0 Å². The van der Waals surface area contributed by atoms with E-state index in [1.54, 1.807) is 13.3 Å². The lowest BCUT2D eigenvalue weighted by atomic mass is 10.1. The molecule has 1 fully saturated rings. The summed E-state index contributed by atoms with van der Waals surface area (Å²) in [5.41, 5.74) is 1.60. The maximum absolute atomic E-state index is 12.8. The van der Waals surface area contributed by atoms with E-state index >= 15 is 0 Å². The smallest absolute Gasteiger partial charge is 0.254 e. The van der Waals surface area contributed by atoms with Gasteiger partial charge in [-0.3, -0.25) is 9.89 Å². The van der Waals surface area contributed by atoms with Crippen LogP contribution >= 0.6 is 0 Å². The topological polar surface area (TPSA) is 58.2 Å². The van der Waals surface area contributed by atoms with Crippen LogP contribution in [0.3, 0.4) is 0 Å². The van der Waals surface area contributed by atoms with Gasteiger partial charge in [-0.1, -0.05) is 6.07 Å². The Balaban J connectivity index is 1.84. The number of hydrogen-bond acceptors (Lipinski definition) is 3. The number of hydrogen-bond donors (Lipinski definition) is 1. The molecule has 1 N–H and O–H groups in total. The van der Waals surface area contributed by atoms with Gasteiger partial charge in [-0.15, -0.1) is 0 Å². The number of ether oxygens (including phenoxy) is 1. The summed E-state index contributed by atoms with van der Waals surface area (Å²) in [7, 11) is 1.67. The summed E-state index contributed by atoms with van der Waals surface area (Å²) < 4.78 is 5.16. The maximum atomic E-state index is 12.8. The van der Waals surface area contributed by atoms with Gasteiger partial charge in [-0.05, 0) is 37.8 Å². The highest BCUT2D eigenvalue weighted by Crippen LogP contribution is 2.35. The molecule has 0 saturated heterocycles. The third kappa shape index (κ3) is 2.93. The van der Waals surface area contributed by atoms with Gasteiger partial charge in [0.1, 0.15) is 0 Å². The van der Waals surface area contributed by atoms with Crippen molar-refractivity contribution < 1.29 is 9.53 Å². The zero-order chi connectivity index (χ0) is 14.8. The fourth-order valence-corrected chi connectivity index (χ4v) is 2.75. The number of nitrogens with zero attached hydrogens (tertiary/aromatic N) is 2. The van der Waals surface area contributed by atoms with Crippen molar-refractivity contribution in [1.29, 1.82) is 0 Å². The molecule has 1 aromatic carbocycles. The number of methoxy groups -OCH3 is 1. The second-order valence-corrected chi connectivity index (χ2v) is 5.74. The van der Waals surface area contributed by atoms with Crippen LogP contribution in [0.15, 0.2) is 24.4 Å². The summed E-state index contributed by atoms with van der Waals surface area (Å²) >= 11 is 0. The van der Waals surface area contributed by atoms with Gasteiger partial charge >= 0.3 is 0 Å². The van der Waals surface area contributed by atoms with Crippen LogP contribution in [0.4, 0.5) is 0 Å². The lowest BCUT2D eigenvalue weighted by Gasteiger charge is -2.29. The minimum absolute atomic E-state index is 0.0722. The van der Waals surface area contributed by atoms with Crippen molar-refractivity contribution in [3.8, 4) is 0 Å². The van der Waals surface area contributed by atoms with Crippen molar-refractivity contribution in [2.45, 2.75) is 25.8 Å². The van der Waals surface area contributed by atoms with Crippen LogP contribution in [0.1, 0.15) is 30.1 Å². The third-order valence-corrected chi connectivity index (χ3v) is 4.28. The first-order valence-corrected chi connectivity index (χ1v) is 7.43. The van der Waals surface area contributed by atoms with Gasteiger partial charge in [0.05, 0.1) is 18.3 Å². The van der Waals surface area contributed by atoms with Gasteiger partial charge in [0.25, 0.3) is 5.91 Å². The lowest BCUT2D eigenvalue weighted by Crippen LogP contribution is -2.42. The molecule has 1 saturated carbocycles. The van der Waals surface area contributed by atoms with Crippen LogP contribution in [0.25, 0.3) is 10.9 Å². The number of benzene rings is 1. The first-order chi connectivity index (χ1) is 10.2. The number of nitrogens with one attached hydrogen (secondary N) is 1. The van der Waals surface area contributed by atoms with Crippen LogP contribution in [0, 0.1) is 5.92 Å². The summed E-state index contributed by atoms with van der Waals surface area (Å²) in [6, 6.07) is 5.96. The monoisotopic (exact) mass is 287 g/mol. The number of amides is 1. The molecule has 2 aromatic rings. The number of carbonyl (C=O) groups excluding carboxylic acids is 1. The normalized spacial score (nSPS) is 16.1. The van der Waals surface area contributed by atoms with E-state index in [4.69, 9.17) is 4.74 Å². The molecule has 0 radical (unpaired) electrons. The molecule has 0 aliphatic heterocycles. The van der Waals surface area contributed by atoms with Crippen molar-refractivity contribution in [2.24, 2.45) is 5.92 Å². The van der Waals surface area contributed by atoms with Crippen LogP contribution < -0.4 is 0 Å². The SMILES string of the molecule is COCCN(C(=O)c1ccc2cn[nH]c2c1)C(C)C1CC1. The van der Waals surface area contributed by atoms with Gasteiger partial charge < -0.3 is 9.64 Å². The van der Waals surface area contributed by atoms with Crippen molar-refractivity contribution in [3.63, 3.8) is 0 Å². The van der Waals surface area contributed by atoms with Crippen LogP contribution in [0.2, 0.25) is 0 Å². The Kier molecular flexibility index (Phi) is 3.92.